The number of thiophene rings is 1. The molecule has 1 heterocycles. The first-order valence-electron chi connectivity index (χ1n) is 11.2. The molecule has 0 bridgehead atoms. The van der Waals surface area contributed by atoms with Crippen LogP contribution in [0.25, 0.3) is 10.1 Å². The van der Waals surface area contributed by atoms with E-state index in [0.29, 0.717) is 41.3 Å². The van der Waals surface area contributed by atoms with E-state index in [1.165, 1.54) is 23.3 Å². The summed E-state index contributed by atoms with van der Waals surface area (Å²) < 4.78 is 100. The van der Waals surface area contributed by atoms with Gasteiger partial charge in [0.1, 0.15) is 11.6 Å². The zero-order chi connectivity index (χ0) is 25.3. The van der Waals surface area contributed by atoms with Crippen LogP contribution in [0.2, 0.25) is 0 Å². The Balaban J connectivity index is 1.39. The highest BCUT2D eigenvalue weighted by Gasteiger charge is 2.27. The van der Waals surface area contributed by atoms with Gasteiger partial charge in [0, 0.05) is 10.8 Å². The monoisotopic (exact) mass is 514 g/mol. The lowest BCUT2D eigenvalue weighted by Crippen LogP contribution is -2.20. The van der Waals surface area contributed by atoms with Gasteiger partial charge in [-0.1, -0.05) is 12.8 Å². The van der Waals surface area contributed by atoms with Crippen molar-refractivity contribution in [2.45, 2.75) is 51.1 Å². The number of hydrogen-bond donors (Lipinski definition) is 0. The maximum Gasteiger partial charge on any atom is 0.458 e. The van der Waals surface area contributed by atoms with Crippen molar-refractivity contribution in [3.05, 3.63) is 63.5 Å². The molecule has 1 saturated carbocycles. The molecule has 0 amide bonds. The number of halogens is 7. The van der Waals surface area contributed by atoms with Gasteiger partial charge >= 0.3 is 6.18 Å². The fourth-order valence-corrected chi connectivity index (χ4v) is 5.41. The van der Waals surface area contributed by atoms with Gasteiger partial charge in [-0.05, 0) is 79.2 Å². The Bertz CT molecular complexity index is 1270. The van der Waals surface area contributed by atoms with Crippen LogP contribution >= 0.6 is 11.3 Å². The van der Waals surface area contributed by atoms with Crippen LogP contribution in [0.15, 0.2) is 24.3 Å². The smallest absolute Gasteiger partial charge is 0.458 e. The molecule has 186 valence electrons. The topological polar surface area (TPSA) is 9.23 Å². The first-order valence-corrected chi connectivity index (χ1v) is 12.0. The van der Waals surface area contributed by atoms with E-state index in [9.17, 15) is 30.7 Å². The second-order valence-corrected chi connectivity index (χ2v) is 9.76. The van der Waals surface area contributed by atoms with E-state index in [1.54, 1.807) is 6.07 Å². The average molecular weight is 515 g/mol. The second kappa shape index (κ2) is 10.1. The Morgan fingerprint density at radius 2 is 1.60 bits per heavy atom. The zero-order valence-electron chi connectivity index (χ0n) is 18.7. The lowest BCUT2D eigenvalue weighted by Gasteiger charge is -2.29. The van der Waals surface area contributed by atoms with Gasteiger partial charge < -0.3 is 4.74 Å². The van der Waals surface area contributed by atoms with Crippen molar-refractivity contribution >= 4 is 21.4 Å². The van der Waals surface area contributed by atoms with Gasteiger partial charge in [0.2, 0.25) is 0 Å². The quantitative estimate of drug-likeness (QED) is 0.246. The third kappa shape index (κ3) is 5.75. The van der Waals surface area contributed by atoms with Gasteiger partial charge in [0.25, 0.3) is 0 Å². The fourth-order valence-electron chi connectivity index (χ4n) is 4.40. The molecule has 0 aliphatic heterocycles. The molecule has 1 nitrogen and oxygen atoms in total. The minimum absolute atomic E-state index is 0.00176. The summed E-state index contributed by atoms with van der Waals surface area (Å²) in [5, 5.41) is 0.504. The van der Waals surface area contributed by atoms with Crippen LogP contribution in [0.1, 0.15) is 54.5 Å². The fraction of sp³-hybridized carbons (Fsp3) is 0.385. The van der Waals surface area contributed by atoms with Crippen molar-refractivity contribution in [3.63, 3.8) is 0 Å². The van der Waals surface area contributed by atoms with Crippen LogP contribution in [0.4, 0.5) is 30.7 Å². The standard InChI is InChI=1S/C26H21F7OS/c1-2-18-9-17-12-22(29)24(23(30)25(17)35-18)34-13-14-3-5-15(6-4-14)16-10-20(27)19(21(28)11-16)7-8-26(31,32)33/h9-12,14-15H,2-6,13H2,1H3. The van der Waals surface area contributed by atoms with E-state index in [1.807, 2.05) is 6.92 Å². The summed E-state index contributed by atoms with van der Waals surface area (Å²) in [7, 11) is 0. The molecule has 9 heteroatoms. The van der Waals surface area contributed by atoms with Crippen LogP contribution < -0.4 is 4.74 Å². The average Bonchev–Trinajstić information content (AvgIpc) is 3.21. The summed E-state index contributed by atoms with van der Waals surface area (Å²) in [6.45, 7) is 2.04. The summed E-state index contributed by atoms with van der Waals surface area (Å²) in [5.74, 6) is -1.94. The number of fused-ring (bicyclic) bond motifs is 1. The predicted octanol–water partition coefficient (Wildman–Crippen LogP) is 8.29. The molecule has 3 aromatic rings. The van der Waals surface area contributed by atoms with Gasteiger partial charge in [-0.15, -0.1) is 11.3 Å². The SMILES string of the molecule is CCc1cc2cc(F)c(OCC3CCC(c4cc(F)c(C#CC(F)(F)F)c(F)c4)CC3)c(F)c2s1. The van der Waals surface area contributed by atoms with Crippen molar-refractivity contribution < 1.29 is 35.5 Å². The van der Waals surface area contributed by atoms with Crippen LogP contribution in [-0.2, 0) is 6.42 Å². The maximum atomic E-state index is 14.8. The van der Waals surface area contributed by atoms with E-state index >= 15 is 0 Å². The molecule has 1 aliphatic rings. The van der Waals surface area contributed by atoms with Crippen LogP contribution in [0, 0.1) is 41.0 Å². The van der Waals surface area contributed by atoms with Crippen LogP contribution in [0.5, 0.6) is 5.75 Å². The van der Waals surface area contributed by atoms with Crippen LogP contribution in [0.3, 0.4) is 0 Å². The summed E-state index contributed by atoms with van der Waals surface area (Å²) in [5.41, 5.74) is -0.560. The molecule has 0 saturated heterocycles. The Morgan fingerprint density at radius 3 is 2.20 bits per heavy atom. The molecule has 1 aliphatic carbocycles. The second-order valence-electron chi connectivity index (χ2n) is 8.62. The van der Waals surface area contributed by atoms with Crippen molar-refractivity contribution in [1.29, 1.82) is 0 Å². The maximum absolute atomic E-state index is 14.8. The van der Waals surface area contributed by atoms with Crippen molar-refractivity contribution in [3.8, 4) is 17.6 Å². The minimum atomic E-state index is -4.85. The van der Waals surface area contributed by atoms with E-state index in [-0.39, 0.29) is 18.4 Å². The first kappa shape index (κ1) is 25.4. The van der Waals surface area contributed by atoms with Crippen molar-refractivity contribution in [2.24, 2.45) is 5.92 Å². The normalized spacial score (nSPS) is 18.4. The summed E-state index contributed by atoms with van der Waals surface area (Å²) in [6, 6.07) is 5.08. The Kier molecular flexibility index (Phi) is 7.32. The molecule has 35 heavy (non-hydrogen) atoms. The van der Waals surface area contributed by atoms with Gasteiger partial charge in [0.05, 0.1) is 16.9 Å². The van der Waals surface area contributed by atoms with Crippen LogP contribution in [-0.4, -0.2) is 12.8 Å². The molecule has 0 radical (unpaired) electrons. The highest BCUT2D eigenvalue weighted by atomic mass is 32.1. The number of benzene rings is 2. The Hall–Kier alpha value is -2.73. The highest BCUT2D eigenvalue weighted by Crippen LogP contribution is 2.39. The van der Waals surface area contributed by atoms with E-state index in [0.717, 1.165) is 29.4 Å². The third-order valence-corrected chi connectivity index (χ3v) is 7.52. The zero-order valence-corrected chi connectivity index (χ0v) is 19.5. The number of ether oxygens (including phenoxy) is 1. The van der Waals surface area contributed by atoms with Crippen molar-refractivity contribution in [1.82, 2.24) is 0 Å². The van der Waals surface area contributed by atoms with Gasteiger partial charge in [-0.2, -0.15) is 13.2 Å². The number of aryl methyl sites for hydroxylation is 1. The molecule has 0 N–H and O–H groups in total. The Morgan fingerprint density at radius 1 is 0.943 bits per heavy atom. The molecule has 1 fully saturated rings. The van der Waals surface area contributed by atoms with Gasteiger partial charge in [-0.3, -0.25) is 0 Å². The molecular weight excluding hydrogens is 493 g/mol. The minimum Gasteiger partial charge on any atom is -0.487 e. The molecule has 0 atom stereocenters. The lowest BCUT2D eigenvalue weighted by molar-refractivity contribution is -0.0696. The molecule has 1 aromatic heterocycles. The van der Waals surface area contributed by atoms with Gasteiger partial charge in [0.15, 0.2) is 17.4 Å². The molecule has 0 spiro atoms. The predicted molar refractivity (Wildman–Crippen MR) is 121 cm³/mol. The molecule has 0 unspecified atom stereocenters. The van der Waals surface area contributed by atoms with E-state index in [4.69, 9.17) is 4.74 Å². The Labute approximate surface area is 201 Å². The van der Waals surface area contributed by atoms with E-state index < -0.39 is 40.8 Å². The summed E-state index contributed by atoms with van der Waals surface area (Å²) >= 11 is 1.27. The lowest BCUT2D eigenvalue weighted by atomic mass is 9.79. The molecule has 2 aromatic carbocycles. The number of hydrogen-bond acceptors (Lipinski definition) is 2. The molecule has 4 rings (SSSR count). The van der Waals surface area contributed by atoms with E-state index in [2.05, 4.69) is 0 Å². The summed E-state index contributed by atoms with van der Waals surface area (Å²) in [4.78, 5) is 0.946. The molecular formula is C26H21F7OS. The highest BCUT2D eigenvalue weighted by molar-refractivity contribution is 7.19. The largest absolute Gasteiger partial charge is 0.487 e. The van der Waals surface area contributed by atoms with Gasteiger partial charge in [-0.25, -0.2) is 17.6 Å². The summed E-state index contributed by atoms with van der Waals surface area (Å²) in [6.07, 6.45) is -1.82. The third-order valence-electron chi connectivity index (χ3n) is 6.23. The van der Waals surface area contributed by atoms with Crippen molar-refractivity contribution in [2.75, 3.05) is 6.61 Å². The number of rotatable bonds is 5. The first-order chi connectivity index (χ1) is 16.6. The number of alkyl halides is 3.